The minimum atomic E-state index is -0.721. The summed E-state index contributed by atoms with van der Waals surface area (Å²) in [5.74, 6) is -1.88. The van der Waals surface area contributed by atoms with E-state index in [4.69, 9.17) is 0 Å². The lowest BCUT2D eigenvalue weighted by molar-refractivity contribution is -0.384. The van der Waals surface area contributed by atoms with Crippen LogP contribution in [0.5, 0.6) is 0 Å². The number of fused-ring (bicyclic) bond motifs is 1. The van der Waals surface area contributed by atoms with Crippen LogP contribution < -0.4 is 5.32 Å². The van der Waals surface area contributed by atoms with Crippen molar-refractivity contribution in [1.82, 2.24) is 10.2 Å². The minimum Gasteiger partial charge on any atom is -0.343 e. The zero-order chi connectivity index (χ0) is 21.3. The molecule has 4 rings (SSSR count). The predicted octanol–water partition coefficient (Wildman–Crippen LogP) is 3.16. The third-order valence-electron chi connectivity index (χ3n) is 4.73. The maximum Gasteiger partial charge on any atom is 0.270 e. The van der Waals surface area contributed by atoms with Crippen LogP contribution in [-0.4, -0.2) is 34.1 Å². The molecule has 2 heterocycles. The normalized spacial score (nSPS) is 13.8. The van der Waals surface area contributed by atoms with E-state index in [-0.39, 0.29) is 16.8 Å². The number of non-ortho nitro benzene ring substituents is 1. The van der Waals surface area contributed by atoms with E-state index in [9.17, 15) is 24.5 Å². The highest BCUT2D eigenvalue weighted by Crippen LogP contribution is 2.28. The smallest absolute Gasteiger partial charge is 0.270 e. The third-order valence-corrected chi connectivity index (χ3v) is 5.67. The van der Waals surface area contributed by atoms with Crippen LogP contribution in [0.1, 0.15) is 37.2 Å². The number of nitrogens with zero attached hydrogens (tertiary/aromatic N) is 2. The molecule has 2 aromatic carbocycles. The van der Waals surface area contributed by atoms with Crippen molar-refractivity contribution in [3.05, 3.63) is 97.7 Å². The first kappa shape index (κ1) is 19.5. The zero-order valence-electron chi connectivity index (χ0n) is 15.5. The van der Waals surface area contributed by atoms with Crippen molar-refractivity contribution >= 4 is 34.7 Å². The average Bonchev–Trinajstić information content (AvgIpc) is 3.36. The van der Waals surface area contributed by atoms with Gasteiger partial charge >= 0.3 is 0 Å². The maximum absolute atomic E-state index is 12.7. The molecule has 1 atom stereocenters. The van der Waals surface area contributed by atoms with Crippen molar-refractivity contribution < 1.29 is 19.3 Å². The number of benzene rings is 2. The van der Waals surface area contributed by atoms with Gasteiger partial charge in [-0.1, -0.05) is 36.4 Å². The van der Waals surface area contributed by atoms with Gasteiger partial charge in [0.15, 0.2) is 0 Å². The molecule has 0 radical (unpaired) electrons. The second kappa shape index (κ2) is 7.88. The van der Waals surface area contributed by atoms with Crippen LogP contribution in [-0.2, 0) is 4.79 Å². The largest absolute Gasteiger partial charge is 0.343 e. The lowest BCUT2D eigenvalue weighted by Crippen LogP contribution is -2.41. The Kier molecular flexibility index (Phi) is 5.11. The Labute approximate surface area is 174 Å². The number of imide groups is 1. The van der Waals surface area contributed by atoms with Crippen LogP contribution in [0.3, 0.4) is 0 Å². The summed E-state index contributed by atoms with van der Waals surface area (Å²) in [6.45, 7) is -0.477. The van der Waals surface area contributed by atoms with Gasteiger partial charge in [0.25, 0.3) is 17.5 Å². The standard InChI is InChI=1S/C21H15N3O5S/c25-18(22-19(17-7-4-10-30-17)13-5-2-1-3-6-13)12-23-20(26)15-9-8-14(24(28)29)11-16(15)21(23)27/h1-11,19H,12H2,(H,22,25). The van der Waals surface area contributed by atoms with E-state index < -0.39 is 35.2 Å². The fraction of sp³-hybridized carbons (Fsp3) is 0.0952. The van der Waals surface area contributed by atoms with Gasteiger partial charge in [0.2, 0.25) is 5.91 Å². The zero-order valence-corrected chi connectivity index (χ0v) is 16.3. The SMILES string of the molecule is O=C(CN1C(=O)c2ccc([N+](=O)[O-])cc2C1=O)NC(c1ccccc1)c1cccs1. The Morgan fingerprint density at radius 3 is 2.43 bits per heavy atom. The number of thiophene rings is 1. The molecule has 0 spiro atoms. The highest BCUT2D eigenvalue weighted by atomic mass is 32.1. The second-order valence-corrected chi connectivity index (χ2v) is 7.59. The number of carbonyl (C=O) groups excluding carboxylic acids is 3. The van der Waals surface area contributed by atoms with Gasteiger partial charge in [0.1, 0.15) is 6.54 Å². The minimum absolute atomic E-state index is 0.0521. The number of nitro benzene ring substituents is 1. The highest BCUT2D eigenvalue weighted by Gasteiger charge is 2.38. The molecule has 1 aromatic heterocycles. The Bertz CT molecular complexity index is 1140. The summed E-state index contributed by atoms with van der Waals surface area (Å²) in [6.07, 6.45) is 0. The summed E-state index contributed by atoms with van der Waals surface area (Å²) < 4.78 is 0. The monoisotopic (exact) mass is 421 g/mol. The molecule has 150 valence electrons. The number of carbonyl (C=O) groups is 3. The van der Waals surface area contributed by atoms with E-state index in [2.05, 4.69) is 5.32 Å². The van der Waals surface area contributed by atoms with Crippen LogP contribution in [0.15, 0.2) is 66.0 Å². The summed E-state index contributed by atoms with van der Waals surface area (Å²) >= 11 is 1.48. The first-order valence-corrected chi connectivity index (χ1v) is 9.86. The van der Waals surface area contributed by atoms with Crippen LogP contribution >= 0.6 is 11.3 Å². The quantitative estimate of drug-likeness (QED) is 0.374. The molecule has 1 N–H and O–H groups in total. The number of hydrogen-bond donors (Lipinski definition) is 1. The van der Waals surface area contributed by atoms with Crippen LogP contribution in [0.25, 0.3) is 0 Å². The summed E-state index contributed by atoms with van der Waals surface area (Å²) in [6, 6.07) is 16.2. The van der Waals surface area contributed by atoms with Crippen molar-refractivity contribution in [2.75, 3.05) is 6.54 Å². The van der Waals surface area contributed by atoms with Crippen LogP contribution in [0.4, 0.5) is 5.69 Å². The van der Waals surface area contributed by atoms with E-state index in [0.717, 1.165) is 27.5 Å². The van der Waals surface area contributed by atoms with Gasteiger partial charge in [-0.05, 0) is 23.1 Å². The number of nitrogens with one attached hydrogen (secondary N) is 1. The Balaban J connectivity index is 1.54. The molecule has 0 saturated carbocycles. The van der Waals surface area contributed by atoms with Gasteiger partial charge in [-0.3, -0.25) is 29.4 Å². The topological polar surface area (TPSA) is 110 Å². The van der Waals surface area contributed by atoms with Gasteiger partial charge in [0.05, 0.1) is 22.1 Å². The molecule has 8 nitrogen and oxygen atoms in total. The van der Waals surface area contributed by atoms with E-state index in [0.29, 0.717) is 0 Å². The third kappa shape index (κ3) is 3.58. The van der Waals surface area contributed by atoms with E-state index in [1.165, 1.54) is 17.4 Å². The van der Waals surface area contributed by atoms with E-state index in [1.54, 1.807) is 0 Å². The van der Waals surface area contributed by atoms with E-state index >= 15 is 0 Å². The van der Waals surface area contributed by atoms with Gasteiger partial charge in [0, 0.05) is 17.0 Å². The fourth-order valence-electron chi connectivity index (χ4n) is 3.31. The van der Waals surface area contributed by atoms with Crippen molar-refractivity contribution in [3.63, 3.8) is 0 Å². The van der Waals surface area contributed by atoms with Gasteiger partial charge in [-0.2, -0.15) is 0 Å². The molecule has 3 amide bonds. The Morgan fingerprint density at radius 2 is 1.77 bits per heavy atom. The summed E-state index contributed by atoms with van der Waals surface area (Å²) in [7, 11) is 0. The maximum atomic E-state index is 12.7. The van der Waals surface area contributed by atoms with Crippen LogP contribution in [0.2, 0.25) is 0 Å². The number of amides is 3. The highest BCUT2D eigenvalue weighted by molar-refractivity contribution is 7.10. The molecule has 30 heavy (non-hydrogen) atoms. The molecule has 0 bridgehead atoms. The van der Waals surface area contributed by atoms with Gasteiger partial charge < -0.3 is 5.32 Å². The van der Waals surface area contributed by atoms with Crippen molar-refractivity contribution in [1.29, 1.82) is 0 Å². The number of rotatable bonds is 6. The molecule has 1 unspecified atom stereocenters. The molecule has 0 aliphatic carbocycles. The molecule has 0 fully saturated rings. The lowest BCUT2D eigenvalue weighted by Gasteiger charge is -2.20. The van der Waals surface area contributed by atoms with Gasteiger partial charge in [-0.25, -0.2) is 0 Å². The van der Waals surface area contributed by atoms with E-state index in [1.807, 2.05) is 47.8 Å². The number of nitro groups is 1. The second-order valence-electron chi connectivity index (χ2n) is 6.61. The predicted molar refractivity (Wildman–Crippen MR) is 109 cm³/mol. The Morgan fingerprint density at radius 1 is 1.03 bits per heavy atom. The summed E-state index contributed by atoms with van der Waals surface area (Å²) in [5, 5.41) is 15.7. The van der Waals surface area contributed by atoms with Crippen molar-refractivity contribution in [2.45, 2.75) is 6.04 Å². The fourth-order valence-corrected chi connectivity index (χ4v) is 4.11. The molecule has 3 aromatic rings. The molecule has 1 aliphatic heterocycles. The summed E-state index contributed by atoms with van der Waals surface area (Å²) in [5.41, 5.74) is 0.561. The van der Waals surface area contributed by atoms with Crippen LogP contribution in [0, 0.1) is 10.1 Å². The average molecular weight is 421 g/mol. The van der Waals surface area contributed by atoms with Crippen molar-refractivity contribution in [2.24, 2.45) is 0 Å². The Hall–Kier alpha value is -3.85. The number of hydrogen-bond acceptors (Lipinski definition) is 6. The molecule has 1 aliphatic rings. The van der Waals surface area contributed by atoms with Gasteiger partial charge in [-0.15, -0.1) is 11.3 Å². The van der Waals surface area contributed by atoms with Crippen molar-refractivity contribution in [3.8, 4) is 0 Å². The molecular weight excluding hydrogens is 406 g/mol. The summed E-state index contributed by atoms with van der Waals surface area (Å²) in [4.78, 5) is 49.9. The first-order valence-electron chi connectivity index (χ1n) is 8.98. The lowest BCUT2D eigenvalue weighted by atomic mass is 10.1. The first-order chi connectivity index (χ1) is 14.5. The molecular formula is C21H15N3O5S. The molecule has 0 saturated heterocycles. The molecule has 9 heteroatoms.